The van der Waals surface area contributed by atoms with E-state index in [1.807, 2.05) is 59.2 Å². The van der Waals surface area contributed by atoms with Crippen LogP contribution in [0, 0.1) is 0 Å². The third-order valence-corrected chi connectivity index (χ3v) is 6.88. The number of amides is 1. The topological polar surface area (TPSA) is 103 Å². The number of phenolic OH excluding ortho intramolecular Hbond substituents is 1. The molecule has 0 unspecified atom stereocenters. The van der Waals surface area contributed by atoms with E-state index in [9.17, 15) is 9.90 Å². The van der Waals surface area contributed by atoms with E-state index in [2.05, 4.69) is 52.6 Å². The highest BCUT2D eigenvalue weighted by molar-refractivity contribution is 9.10. The molecule has 35 heavy (non-hydrogen) atoms. The highest BCUT2D eigenvalue weighted by Crippen LogP contribution is 2.34. The number of nitrogens with one attached hydrogen (secondary N) is 2. The molecule has 0 spiro atoms. The van der Waals surface area contributed by atoms with Crippen LogP contribution in [0.3, 0.4) is 0 Å². The van der Waals surface area contributed by atoms with Crippen LogP contribution < -0.4 is 14.7 Å². The summed E-state index contributed by atoms with van der Waals surface area (Å²) in [4.78, 5) is 12.4. The number of phenols is 1. The molecule has 1 heterocycles. The highest BCUT2D eigenvalue weighted by atomic mass is 79.9. The number of nitrogens with zero attached hydrogens (tertiary/aromatic N) is 3. The number of halogens is 2. The number of aromatic amines is 1. The lowest BCUT2D eigenvalue weighted by atomic mass is 10.2. The number of aromatic nitrogens is 3. The van der Waals surface area contributed by atoms with Gasteiger partial charge in [0.1, 0.15) is 5.69 Å². The third kappa shape index (κ3) is 6.11. The largest absolute Gasteiger partial charge is 0.503 e. The molecule has 0 fully saturated rings. The van der Waals surface area contributed by atoms with E-state index in [4.69, 9.17) is 4.74 Å². The van der Waals surface area contributed by atoms with Crippen molar-refractivity contribution in [1.29, 1.82) is 0 Å². The smallest absolute Gasteiger partial charge is 0.342 e. The van der Waals surface area contributed by atoms with E-state index >= 15 is 0 Å². The summed E-state index contributed by atoms with van der Waals surface area (Å²) in [5.41, 5.74) is 5.04. The van der Waals surface area contributed by atoms with Crippen LogP contribution in [0.5, 0.6) is 11.5 Å². The van der Waals surface area contributed by atoms with E-state index in [0.717, 1.165) is 21.5 Å². The Hall–Kier alpha value is -3.15. The molecule has 4 aromatic rings. The lowest BCUT2D eigenvalue weighted by molar-refractivity contribution is -0.625. The Morgan fingerprint density at radius 3 is 2.66 bits per heavy atom. The van der Waals surface area contributed by atoms with Gasteiger partial charge < -0.3 is 9.84 Å². The average molecular weight is 618 g/mol. The first-order valence-electron chi connectivity index (χ1n) is 10.3. The van der Waals surface area contributed by atoms with Gasteiger partial charge >= 0.3 is 5.16 Å². The fourth-order valence-electron chi connectivity index (χ4n) is 3.18. The van der Waals surface area contributed by atoms with E-state index in [1.54, 1.807) is 12.1 Å². The molecule has 3 N–H and O–H groups in total. The van der Waals surface area contributed by atoms with E-state index < -0.39 is 0 Å². The molecule has 0 saturated heterocycles. The van der Waals surface area contributed by atoms with Crippen molar-refractivity contribution >= 4 is 55.7 Å². The van der Waals surface area contributed by atoms with Crippen LogP contribution in [0.2, 0.25) is 0 Å². The average Bonchev–Trinajstić information content (AvgIpc) is 3.29. The molecule has 1 aromatic heterocycles. The van der Waals surface area contributed by atoms with Gasteiger partial charge in [-0.05, 0) is 81.8 Å². The maximum atomic E-state index is 12.4. The van der Waals surface area contributed by atoms with Crippen LogP contribution in [0.4, 0.5) is 0 Å². The number of benzene rings is 3. The molecule has 3 aromatic carbocycles. The zero-order chi connectivity index (χ0) is 24.8. The number of thioether (sulfide) groups is 1. The molecule has 0 bridgehead atoms. The maximum absolute atomic E-state index is 12.4. The number of carbonyl (C=O) groups is 1. The molecule has 0 aliphatic heterocycles. The van der Waals surface area contributed by atoms with Crippen molar-refractivity contribution in [2.75, 3.05) is 12.9 Å². The summed E-state index contributed by atoms with van der Waals surface area (Å²) in [6, 6.07) is 21.0. The summed E-state index contributed by atoms with van der Waals surface area (Å²) in [7, 11) is 1.46. The molecular weight excluding hydrogens is 598 g/mol. The van der Waals surface area contributed by atoms with Crippen molar-refractivity contribution in [1.82, 2.24) is 15.6 Å². The first-order valence-corrected chi connectivity index (χ1v) is 12.9. The number of H-pyrrole nitrogens is 1. The molecule has 4 rings (SSSR count). The van der Waals surface area contributed by atoms with E-state index in [0.29, 0.717) is 20.9 Å². The van der Waals surface area contributed by atoms with Gasteiger partial charge in [-0.1, -0.05) is 34.1 Å². The summed E-state index contributed by atoms with van der Waals surface area (Å²) < 4.78 is 8.55. The van der Waals surface area contributed by atoms with Gasteiger partial charge in [0.15, 0.2) is 11.5 Å². The number of methoxy groups -OCH3 is 1. The fourth-order valence-corrected chi connectivity index (χ4v) is 4.66. The van der Waals surface area contributed by atoms with Crippen molar-refractivity contribution in [3.05, 3.63) is 81.2 Å². The highest BCUT2D eigenvalue weighted by Gasteiger charge is 2.24. The van der Waals surface area contributed by atoms with Crippen LogP contribution in [0.1, 0.15) is 5.56 Å². The molecule has 178 valence electrons. The summed E-state index contributed by atoms with van der Waals surface area (Å²) in [5, 5.41) is 22.1. The molecule has 1 amide bonds. The predicted octanol–water partition coefficient (Wildman–Crippen LogP) is 4.84. The first kappa shape index (κ1) is 25.0. The molecule has 0 aliphatic carbocycles. The van der Waals surface area contributed by atoms with Crippen LogP contribution in [0.25, 0.3) is 17.1 Å². The zero-order valence-corrected chi connectivity index (χ0v) is 22.4. The normalized spacial score (nSPS) is 11.1. The molecule has 0 atom stereocenters. The number of hydrazone groups is 1. The summed E-state index contributed by atoms with van der Waals surface area (Å²) >= 11 is 8.02. The SMILES string of the molecule is COc1cc(C=NNC(=O)CSc2n[nH]c(-c3ccc(Br)cc3)[n+]2-c2ccccc2)cc(Br)c1O. The van der Waals surface area contributed by atoms with Gasteiger partial charge in [-0.15, -0.1) is 5.10 Å². The second-order valence-electron chi connectivity index (χ2n) is 7.17. The van der Waals surface area contributed by atoms with Gasteiger partial charge in [0.25, 0.3) is 11.7 Å². The van der Waals surface area contributed by atoms with Gasteiger partial charge in [-0.25, -0.2) is 5.43 Å². The summed E-state index contributed by atoms with van der Waals surface area (Å²) in [6.07, 6.45) is 1.47. The Morgan fingerprint density at radius 2 is 1.94 bits per heavy atom. The summed E-state index contributed by atoms with van der Waals surface area (Å²) in [6.45, 7) is 0. The Kier molecular flexibility index (Phi) is 8.21. The number of carbonyl (C=O) groups excluding carboxylic acids is 1. The van der Waals surface area contributed by atoms with E-state index in [1.165, 1.54) is 25.1 Å². The van der Waals surface area contributed by atoms with Gasteiger partial charge in [0.2, 0.25) is 0 Å². The Balaban J connectivity index is 1.48. The quantitative estimate of drug-likeness (QED) is 0.114. The maximum Gasteiger partial charge on any atom is 0.342 e. The number of para-hydroxylation sites is 1. The fraction of sp³-hybridized carbons (Fsp3) is 0.0833. The number of ether oxygens (including phenoxy) is 1. The molecular formula is C24H20Br2N5O3S+. The van der Waals surface area contributed by atoms with Crippen molar-refractivity contribution in [2.24, 2.45) is 5.10 Å². The Morgan fingerprint density at radius 1 is 1.20 bits per heavy atom. The minimum atomic E-state index is -0.288. The molecule has 0 saturated carbocycles. The van der Waals surface area contributed by atoms with Gasteiger partial charge in [-0.2, -0.15) is 9.67 Å². The van der Waals surface area contributed by atoms with E-state index in [-0.39, 0.29) is 17.4 Å². The lowest BCUT2D eigenvalue weighted by Crippen LogP contribution is -2.34. The number of aromatic hydroxyl groups is 1. The monoisotopic (exact) mass is 616 g/mol. The van der Waals surface area contributed by atoms with Gasteiger partial charge in [0.05, 0.1) is 34.2 Å². The standard InChI is InChI=1S/C24H19Br2N5O3S/c1-34-20-12-15(11-19(26)22(20)33)13-27-28-21(32)14-35-24-30-29-23(16-7-9-17(25)10-8-16)31(24)18-5-3-2-4-6-18/h2-13H,14H2,1H3,(H2,27,28,32,33)/p+1. The first-order chi connectivity index (χ1) is 17.0. The molecule has 0 radical (unpaired) electrons. The number of rotatable bonds is 8. The lowest BCUT2D eigenvalue weighted by Gasteiger charge is -2.06. The molecule has 11 heteroatoms. The van der Waals surface area contributed by atoms with Crippen LogP contribution >= 0.6 is 43.6 Å². The third-order valence-electron chi connectivity index (χ3n) is 4.81. The number of hydrogen-bond donors (Lipinski definition) is 3. The van der Waals surface area contributed by atoms with Gasteiger partial charge in [-0.3, -0.25) is 4.79 Å². The Bertz CT molecular complexity index is 1360. The van der Waals surface area contributed by atoms with Crippen molar-refractivity contribution in [3.63, 3.8) is 0 Å². The van der Waals surface area contributed by atoms with Crippen molar-refractivity contribution < 1.29 is 19.2 Å². The zero-order valence-electron chi connectivity index (χ0n) is 18.4. The van der Waals surface area contributed by atoms with Gasteiger partial charge in [0, 0.05) is 4.47 Å². The summed E-state index contributed by atoms with van der Waals surface area (Å²) in [5.74, 6) is 0.921. The van der Waals surface area contributed by atoms with Crippen LogP contribution in [-0.2, 0) is 4.79 Å². The van der Waals surface area contributed by atoms with Crippen LogP contribution in [0.15, 0.2) is 85.9 Å². The second-order valence-corrected chi connectivity index (χ2v) is 9.88. The van der Waals surface area contributed by atoms with Crippen molar-refractivity contribution in [3.8, 4) is 28.6 Å². The van der Waals surface area contributed by atoms with Crippen LogP contribution in [-0.4, -0.2) is 40.3 Å². The Labute approximate surface area is 222 Å². The van der Waals surface area contributed by atoms with Crippen molar-refractivity contribution in [2.45, 2.75) is 5.16 Å². The minimum Gasteiger partial charge on any atom is -0.503 e. The number of hydrogen-bond acceptors (Lipinski definition) is 6. The minimum absolute atomic E-state index is 0.00156. The predicted molar refractivity (Wildman–Crippen MR) is 142 cm³/mol. The second kappa shape index (κ2) is 11.5. The molecule has 0 aliphatic rings. The molecule has 8 nitrogen and oxygen atoms in total.